The van der Waals surface area contributed by atoms with Crippen LogP contribution in [0.3, 0.4) is 0 Å². The first kappa shape index (κ1) is 17.6. The highest BCUT2D eigenvalue weighted by atomic mass is 16.2. The Morgan fingerprint density at radius 3 is 2.77 bits per heavy atom. The molecule has 3 rings (SSSR count). The Morgan fingerprint density at radius 2 is 1.92 bits per heavy atom. The average Bonchev–Trinajstić information content (AvgIpc) is 3.05. The highest BCUT2D eigenvalue weighted by molar-refractivity contribution is 5.94. The highest BCUT2D eigenvalue weighted by Crippen LogP contribution is 2.04. The van der Waals surface area contributed by atoms with Gasteiger partial charge in [0.25, 0.3) is 5.91 Å². The molecule has 3 aromatic rings. The van der Waals surface area contributed by atoms with Crippen LogP contribution in [0.1, 0.15) is 28.2 Å². The minimum atomic E-state index is -0.170. The van der Waals surface area contributed by atoms with Crippen molar-refractivity contribution in [1.82, 2.24) is 25.2 Å². The summed E-state index contributed by atoms with van der Waals surface area (Å²) in [5.74, 6) is 0.522. The monoisotopic (exact) mass is 351 g/mol. The van der Waals surface area contributed by atoms with E-state index in [2.05, 4.69) is 20.8 Å². The lowest BCUT2D eigenvalue weighted by atomic mass is 10.1. The molecule has 0 atom stereocenters. The molecule has 0 radical (unpaired) electrons. The fourth-order valence-electron chi connectivity index (χ4n) is 2.64. The van der Waals surface area contributed by atoms with E-state index in [1.54, 1.807) is 6.07 Å². The summed E-state index contributed by atoms with van der Waals surface area (Å²) in [7, 11) is 0. The predicted molar refractivity (Wildman–Crippen MR) is 97.8 cm³/mol. The van der Waals surface area contributed by atoms with E-state index >= 15 is 0 Å². The quantitative estimate of drug-likeness (QED) is 0.675. The molecular weight excluding hydrogens is 330 g/mol. The summed E-state index contributed by atoms with van der Waals surface area (Å²) in [4.78, 5) is 23.9. The summed E-state index contributed by atoms with van der Waals surface area (Å²) in [5, 5.41) is 13.8. The fourth-order valence-corrected chi connectivity index (χ4v) is 2.64. The van der Waals surface area contributed by atoms with Gasteiger partial charge in [0.05, 0.1) is 0 Å². The van der Waals surface area contributed by atoms with Gasteiger partial charge in [0.2, 0.25) is 5.91 Å². The molecular formula is C19H21N5O2. The van der Waals surface area contributed by atoms with Gasteiger partial charge in [0, 0.05) is 37.7 Å². The van der Waals surface area contributed by atoms with Crippen LogP contribution in [-0.4, -0.2) is 39.5 Å². The number of aromatic nitrogens is 3. The van der Waals surface area contributed by atoms with Gasteiger partial charge in [0.1, 0.15) is 5.82 Å². The number of pyridine rings is 1. The zero-order valence-corrected chi connectivity index (χ0v) is 14.6. The van der Waals surface area contributed by atoms with Crippen LogP contribution in [0.5, 0.6) is 0 Å². The van der Waals surface area contributed by atoms with Crippen LogP contribution < -0.4 is 10.6 Å². The van der Waals surface area contributed by atoms with E-state index in [1.165, 1.54) is 0 Å². The molecule has 26 heavy (non-hydrogen) atoms. The van der Waals surface area contributed by atoms with Crippen molar-refractivity contribution in [2.24, 2.45) is 0 Å². The van der Waals surface area contributed by atoms with E-state index < -0.39 is 0 Å². The van der Waals surface area contributed by atoms with Crippen LogP contribution >= 0.6 is 0 Å². The maximum atomic E-state index is 12.0. The van der Waals surface area contributed by atoms with Crippen LogP contribution in [0.2, 0.25) is 0 Å². The Hall–Kier alpha value is -3.22. The first-order chi connectivity index (χ1) is 12.6. The first-order valence-electron chi connectivity index (χ1n) is 8.54. The van der Waals surface area contributed by atoms with Gasteiger partial charge >= 0.3 is 0 Å². The van der Waals surface area contributed by atoms with Gasteiger partial charge in [-0.2, -0.15) is 0 Å². The molecule has 0 saturated carbocycles. The van der Waals surface area contributed by atoms with Crippen LogP contribution in [0.4, 0.5) is 0 Å². The number of carbonyl (C=O) groups excluding carboxylic acids is 2. The van der Waals surface area contributed by atoms with Gasteiger partial charge in [-0.15, -0.1) is 10.2 Å². The van der Waals surface area contributed by atoms with Crippen molar-refractivity contribution in [2.75, 3.05) is 13.1 Å². The molecule has 7 nitrogen and oxygen atoms in total. The Balaban J connectivity index is 1.38. The van der Waals surface area contributed by atoms with Gasteiger partial charge in [-0.1, -0.05) is 23.8 Å². The number of amides is 2. The van der Waals surface area contributed by atoms with Crippen LogP contribution in [0, 0.1) is 6.92 Å². The second kappa shape index (κ2) is 8.24. The molecule has 0 aliphatic rings. The molecule has 0 aliphatic heterocycles. The zero-order valence-electron chi connectivity index (χ0n) is 14.6. The zero-order chi connectivity index (χ0) is 18.4. The third-order valence-corrected chi connectivity index (χ3v) is 3.97. The molecule has 0 spiro atoms. The molecule has 134 valence electrons. The lowest BCUT2D eigenvalue weighted by Gasteiger charge is -2.07. The number of rotatable bonds is 7. The minimum Gasteiger partial charge on any atom is -0.356 e. The van der Waals surface area contributed by atoms with Gasteiger partial charge in [-0.3, -0.25) is 14.0 Å². The summed E-state index contributed by atoms with van der Waals surface area (Å²) in [5.41, 5.74) is 2.41. The first-order valence-corrected chi connectivity index (χ1v) is 8.54. The summed E-state index contributed by atoms with van der Waals surface area (Å²) in [6, 6.07) is 13.0. The van der Waals surface area contributed by atoms with Crippen LogP contribution in [0.15, 0.2) is 48.7 Å². The number of benzene rings is 1. The third kappa shape index (κ3) is 4.44. The molecule has 2 aromatic heterocycles. The van der Waals surface area contributed by atoms with Crippen molar-refractivity contribution in [3.8, 4) is 0 Å². The SMILES string of the molecule is Cc1cccc(C(=O)NCCC(=O)NCCc2nnc3ccccn23)c1. The smallest absolute Gasteiger partial charge is 0.251 e. The van der Waals surface area contributed by atoms with Crippen molar-refractivity contribution >= 4 is 17.5 Å². The molecule has 1 aromatic carbocycles. The number of aryl methyl sites for hydroxylation is 1. The molecule has 0 unspecified atom stereocenters. The van der Waals surface area contributed by atoms with Gasteiger partial charge in [-0.25, -0.2) is 0 Å². The van der Waals surface area contributed by atoms with Gasteiger partial charge < -0.3 is 10.6 Å². The molecule has 2 amide bonds. The largest absolute Gasteiger partial charge is 0.356 e. The number of hydrogen-bond donors (Lipinski definition) is 2. The lowest BCUT2D eigenvalue weighted by molar-refractivity contribution is -0.120. The third-order valence-electron chi connectivity index (χ3n) is 3.97. The highest BCUT2D eigenvalue weighted by Gasteiger charge is 2.08. The predicted octanol–water partition coefficient (Wildman–Crippen LogP) is 1.52. The molecule has 0 fully saturated rings. The average molecular weight is 351 g/mol. The van der Waals surface area contributed by atoms with Crippen molar-refractivity contribution < 1.29 is 9.59 Å². The van der Waals surface area contributed by atoms with E-state index in [0.29, 0.717) is 25.1 Å². The van der Waals surface area contributed by atoms with E-state index in [-0.39, 0.29) is 18.2 Å². The molecule has 0 bridgehead atoms. The van der Waals surface area contributed by atoms with Gasteiger partial charge in [-0.05, 0) is 31.2 Å². The van der Waals surface area contributed by atoms with Crippen molar-refractivity contribution in [3.05, 3.63) is 65.6 Å². The Kier molecular flexibility index (Phi) is 5.58. The number of nitrogens with one attached hydrogen (secondary N) is 2. The van der Waals surface area contributed by atoms with Gasteiger partial charge in [0.15, 0.2) is 5.65 Å². The summed E-state index contributed by atoms with van der Waals surface area (Å²) in [6.45, 7) is 2.70. The fraction of sp³-hybridized carbons (Fsp3) is 0.263. The molecule has 0 aliphatic carbocycles. The topological polar surface area (TPSA) is 88.4 Å². The molecule has 2 heterocycles. The Labute approximate surface area is 151 Å². The van der Waals surface area contributed by atoms with Crippen molar-refractivity contribution in [1.29, 1.82) is 0 Å². The van der Waals surface area contributed by atoms with Crippen molar-refractivity contribution in [2.45, 2.75) is 19.8 Å². The van der Waals surface area contributed by atoms with E-state index in [0.717, 1.165) is 17.0 Å². The second-order valence-electron chi connectivity index (χ2n) is 6.02. The van der Waals surface area contributed by atoms with E-state index in [9.17, 15) is 9.59 Å². The standard InChI is InChI=1S/C19H21N5O2/c1-14-5-4-6-15(13-14)19(26)21-11-9-18(25)20-10-8-17-23-22-16-7-2-3-12-24(16)17/h2-7,12-13H,8-11H2,1H3,(H,20,25)(H,21,26). The number of fused-ring (bicyclic) bond motifs is 1. The molecule has 0 saturated heterocycles. The number of nitrogens with zero attached hydrogens (tertiary/aromatic N) is 3. The Morgan fingerprint density at radius 1 is 1.04 bits per heavy atom. The number of carbonyl (C=O) groups is 2. The summed E-state index contributed by atoms with van der Waals surface area (Å²) >= 11 is 0. The Bertz CT molecular complexity index is 919. The van der Waals surface area contributed by atoms with Crippen molar-refractivity contribution in [3.63, 3.8) is 0 Å². The van der Waals surface area contributed by atoms with Crippen LogP contribution in [-0.2, 0) is 11.2 Å². The molecule has 2 N–H and O–H groups in total. The maximum absolute atomic E-state index is 12.0. The lowest BCUT2D eigenvalue weighted by Crippen LogP contribution is -2.31. The molecule has 7 heteroatoms. The van der Waals surface area contributed by atoms with E-state index in [1.807, 2.05) is 53.9 Å². The summed E-state index contributed by atoms with van der Waals surface area (Å²) < 4.78 is 1.90. The van der Waals surface area contributed by atoms with E-state index in [4.69, 9.17) is 0 Å². The normalized spacial score (nSPS) is 10.7. The minimum absolute atomic E-state index is 0.108. The second-order valence-corrected chi connectivity index (χ2v) is 6.02. The maximum Gasteiger partial charge on any atom is 0.251 e. The van der Waals surface area contributed by atoms with Crippen LogP contribution in [0.25, 0.3) is 5.65 Å². The number of hydrogen-bond acceptors (Lipinski definition) is 4. The summed E-state index contributed by atoms with van der Waals surface area (Å²) in [6.07, 6.45) is 2.72.